The molecule has 1 aromatic heterocycles. The number of amides is 1. The van der Waals surface area contributed by atoms with Gasteiger partial charge in [0.2, 0.25) is 10.0 Å². The first kappa shape index (κ1) is 24.9. The summed E-state index contributed by atoms with van der Waals surface area (Å²) in [6, 6.07) is 16.3. The predicted molar refractivity (Wildman–Crippen MR) is 127 cm³/mol. The van der Waals surface area contributed by atoms with Crippen LogP contribution in [-0.4, -0.2) is 44.8 Å². The largest absolute Gasteiger partial charge is 0.465 e. The summed E-state index contributed by atoms with van der Waals surface area (Å²) < 4.78 is 32.6. The van der Waals surface area contributed by atoms with E-state index in [1.165, 1.54) is 42.7 Å². The molecule has 1 amide bonds. The number of esters is 1. The molecule has 0 fully saturated rings. The van der Waals surface area contributed by atoms with Gasteiger partial charge in [-0.3, -0.25) is 4.79 Å². The van der Waals surface area contributed by atoms with Crippen molar-refractivity contribution in [1.29, 1.82) is 10.5 Å². The van der Waals surface area contributed by atoms with Crippen LogP contribution in [-0.2, 0) is 14.8 Å². The van der Waals surface area contributed by atoms with E-state index < -0.39 is 21.9 Å². The molecule has 0 bridgehead atoms. The maximum Gasteiger partial charge on any atom is 0.341 e. The molecule has 0 aliphatic rings. The van der Waals surface area contributed by atoms with Crippen molar-refractivity contribution in [3.05, 3.63) is 59.7 Å². The SMILES string of the molecule is COC(=O)c1c(NC(=O)c2ccc(S(=O)(=O)N(CCC#N)CCC#N)cc2)sc2ccccc12. The van der Waals surface area contributed by atoms with Gasteiger partial charge in [-0.05, 0) is 30.3 Å². The molecule has 1 heterocycles. The number of nitrogens with zero attached hydrogens (tertiary/aromatic N) is 3. The number of sulfonamides is 1. The van der Waals surface area contributed by atoms with Crippen LogP contribution < -0.4 is 5.32 Å². The van der Waals surface area contributed by atoms with E-state index in [1.807, 2.05) is 24.3 Å². The Balaban J connectivity index is 1.85. The molecular formula is C23H20N4O5S2. The van der Waals surface area contributed by atoms with Crippen molar-refractivity contribution in [3.8, 4) is 12.1 Å². The second-order valence-electron chi connectivity index (χ2n) is 6.99. The standard InChI is InChI=1S/C23H20N4O5S2/c1-32-23(29)20-18-6-2-3-7-19(18)33-22(20)26-21(28)16-8-10-17(11-9-16)34(30,31)27(14-4-12-24)15-5-13-25/h2-3,6-11H,4-5,14-15H2,1H3,(H,26,28). The first-order chi connectivity index (χ1) is 16.3. The molecule has 3 rings (SSSR count). The average Bonchev–Trinajstić information content (AvgIpc) is 3.21. The van der Waals surface area contributed by atoms with Gasteiger partial charge >= 0.3 is 5.97 Å². The first-order valence-electron chi connectivity index (χ1n) is 10.1. The van der Waals surface area contributed by atoms with Gasteiger partial charge in [0.05, 0.1) is 24.1 Å². The summed E-state index contributed by atoms with van der Waals surface area (Å²) in [5.41, 5.74) is 0.439. The summed E-state index contributed by atoms with van der Waals surface area (Å²) in [6.07, 6.45) is -0.0221. The number of thiophene rings is 1. The quantitative estimate of drug-likeness (QED) is 0.445. The van der Waals surface area contributed by atoms with Gasteiger partial charge in [-0.15, -0.1) is 11.3 Å². The number of nitrogens with one attached hydrogen (secondary N) is 1. The number of carbonyl (C=O) groups is 2. The average molecular weight is 497 g/mol. The zero-order valence-electron chi connectivity index (χ0n) is 18.1. The minimum Gasteiger partial charge on any atom is -0.465 e. The zero-order valence-corrected chi connectivity index (χ0v) is 19.8. The van der Waals surface area contributed by atoms with Crippen LogP contribution in [0.2, 0.25) is 0 Å². The van der Waals surface area contributed by atoms with Gasteiger partial charge in [0.15, 0.2) is 0 Å². The fourth-order valence-corrected chi connectivity index (χ4v) is 5.77. The number of methoxy groups -OCH3 is 1. The molecule has 0 aliphatic heterocycles. The molecular weight excluding hydrogens is 476 g/mol. The summed E-state index contributed by atoms with van der Waals surface area (Å²) in [4.78, 5) is 25.1. The number of benzene rings is 2. The molecule has 0 saturated carbocycles. The van der Waals surface area contributed by atoms with Crippen LogP contribution in [0.4, 0.5) is 5.00 Å². The van der Waals surface area contributed by atoms with E-state index in [0.29, 0.717) is 10.4 Å². The van der Waals surface area contributed by atoms with E-state index in [0.717, 1.165) is 9.01 Å². The van der Waals surface area contributed by atoms with Gasteiger partial charge in [-0.1, -0.05) is 18.2 Å². The Labute approximate surface area is 200 Å². The van der Waals surface area contributed by atoms with Crippen LogP contribution in [0.25, 0.3) is 10.1 Å². The van der Waals surface area contributed by atoms with E-state index >= 15 is 0 Å². The van der Waals surface area contributed by atoms with Crippen LogP contribution in [0.15, 0.2) is 53.4 Å². The lowest BCUT2D eigenvalue weighted by Gasteiger charge is -2.20. The van der Waals surface area contributed by atoms with Crippen LogP contribution in [0.5, 0.6) is 0 Å². The van der Waals surface area contributed by atoms with Gasteiger partial charge < -0.3 is 10.1 Å². The number of ether oxygens (including phenoxy) is 1. The number of anilines is 1. The van der Waals surface area contributed by atoms with Gasteiger partial charge in [0.1, 0.15) is 10.6 Å². The second kappa shape index (κ2) is 10.9. The molecule has 3 aromatic rings. The van der Waals surface area contributed by atoms with Crippen molar-refractivity contribution in [2.24, 2.45) is 0 Å². The van der Waals surface area contributed by atoms with Gasteiger partial charge in [-0.2, -0.15) is 14.8 Å². The number of nitriles is 2. The maximum absolute atomic E-state index is 12.9. The molecule has 1 N–H and O–H groups in total. The number of rotatable bonds is 9. The van der Waals surface area contributed by atoms with Crippen LogP contribution in [0.3, 0.4) is 0 Å². The summed E-state index contributed by atoms with van der Waals surface area (Å²) in [5.74, 6) is -1.10. The van der Waals surface area contributed by atoms with E-state index in [-0.39, 0.29) is 42.0 Å². The third kappa shape index (κ3) is 5.24. The van der Waals surface area contributed by atoms with E-state index in [9.17, 15) is 18.0 Å². The summed E-state index contributed by atoms with van der Waals surface area (Å²) >= 11 is 1.23. The fraction of sp³-hybridized carbons (Fsp3) is 0.217. The topological polar surface area (TPSA) is 140 Å². The van der Waals surface area contributed by atoms with Gasteiger partial charge in [0.25, 0.3) is 5.91 Å². The number of fused-ring (bicyclic) bond motifs is 1. The predicted octanol–water partition coefficient (Wildman–Crippen LogP) is 3.76. The van der Waals surface area contributed by atoms with Crippen molar-refractivity contribution < 1.29 is 22.7 Å². The van der Waals surface area contributed by atoms with Gasteiger partial charge in [-0.25, -0.2) is 13.2 Å². The van der Waals surface area contributed by atoms with Gasteiger partial charge in [0, 0.05) is 41.6 Å². The Kier molecular flexibility index (Phi) is 7.97. The monoisotopic (exact) mass is 496 g/mol. The normalized spacial score (nSPS) is 11.1. The highest BCUT2D eigenvalue weighted by molar-refractivity contribution is 7.89. The minimum atomic E-state index is -3.95. The lowest BCUT2D eigenvalue weighted by molar-refractivity contribution is 0.0604. The minimum absolute atomic E-state index is 0.0111. The van der Waals surface area contributed by atoms with Crippen LogP contribution in [0.1, 0.15) is 33.6 Å². The molecule has 0 aliphatic carbocycles. The van der Waals surface area contributed by atoms with E-state index in [2.05, 4.69) is 5.32 Å². The third-order valence-electron chi connectivity index (χ3n) is 4.91. The lowest BCUT2D eigenvalue weighted by Crippen LogP contribution is -2.32. The number of carbonyl (C=O) groups excluding carboxylic acids is 2. The molecule has 2 aromatic carbocycles. The molecule has 0 spiro atoms. The zero-order chi connectivity index (χ0) is 24.7. The highest BCUT2D eigenvalue weighted by atomic mass is 32.2. The number of hydrogen-bond donors (Lipinski definition) is 1. The molecule has 34 heavy (non-hydrogen) atoms. The van der Waals surface area contributed by atoms with Crippen molar-refractivity contribution in [2.45, 2.75) is 17.7 Å². The fourth-order valence-electron chi connectivity index (χ4n) is 3.24. The Morgan fingerprint density at radius 2 is 1.65 bits per heavy atom. The Morgan fingerprint density at radius 3 is 2.24 bits per heavy atom. The third-order valence-corrected chi connectivity index (χ3v) is 7.91. The van der Waals surface area contributed by atoms with E-state index in [1.54, 1.807) is 12.1 Å². The second-order valence-corrected chi connectivity index (χ2v) is 9.98. The van der Waals surface area contributed by atoms with Crippen LogP contribution in [0, 0.1) is 22.7 Å². The van der Waals surface area contributed by atoms with Crippen molar-refractivity contribution in [2.75, 3.05) is 25.5 Å². The summed E-state index contributed by atoms with van der Waals surface area (Å²) in [5, 5.41) is 21.3. The highest BCUT2D eigenvalue weighted by Gasteiger charge is 2.25. The molecule has 0 unspecified atom stereocenters. The molecule has 9 nitrogen and oxygen atoms in total. The first-order valence-corrected chi connectivity index (χ1v) is 12.3. The van der Waals surface area contributed by atoms with E-state index in [4.69, 9.17) is 15.3 Å². The highest BCUT2D eigenvalue weighted by Crippen LogP contribution is 2.36. The van der Waals surface area contributed by atoms with Crippen molar-refractivity contribution in [3.63, 3.8) is 0 Å². The lowest BCUT2D eigenvalue weighted by atomic mass is 10.1. The Hall–Kier alpha value is -3.77. The smallest absolute Gasteiger partial charge is 0.341 e. The van der Waals surface area contributed by atoms with Crippen molar-refractivity contribution in [1.82, 2.24) is 4.31 Å². The Bertz CT molecular complexity index is 1380. The molecule has 0 atom stereocenters. The summed E-state index contributed by atoms with van der Waals surface area (Å²) in [6.45, 7) is -0.0734. The summed E-state index contributed by atoms with van der Waals surface area (Å²) in [7, 11) is -2.69. The van der Waals surface area contributed by atoms with Crippen LogP contribution >= 0.6 is 11.3 Å². The van der Waals surface area contributed by atoms with Crippen molar-refractivity contribution >= 4 is 48.3 Å². The molecule has 0 saturated heterocycles. The Morgan fingerprint density at radius 1 is 1.03 bits per heavy atom. The molecule has 174 valence electrons. The molecule has 11 heteroatoms. The number of hydrogen-bond acceptors (Lipinski definition) is 8. The molecule has 0 radical (unpaired) electrons. The maximum atomic E-state index is 12.9.